The average molecular weight is 338 g/mol. The first-order chi connectivity index (χ1) is 9.52. The van der Waals surface area contributed by atoms with Crippen LogP contribution in [0.4, 0.5) is 0 Å². The third-order valence-corrected chi connectivity index (χ3v) is 3.82. The summed E-state index contributed by atoms with van der Waals surface area (Å²) in [5.74, 6) is 6.67. The number of halogens is 1. The van der Waals surface area contributed by atoms with Crippen LogP contribution >= 0.6 is 15.9 Å². The number of nitrogens with two attached hydrogens (primary N) is 1. The summed E-state index contributed by atoms with van der Waals surface area (Å²) < 4.78 is 3.00. The molecule has 0 saturated heterocycles. The van der Waals surface area contributed by atoms with E-state index in [9.17, 15) is 0 Å². The van der Waals surface area contributed by atoms with Gasteiger partial charge in [0.1, 0.15) is 12.2 Å². The van der Waals surface area contributed by atoms with Crippen molar-refractivity contribution in [3.05, 3.63) is 46.0 Å². The summed E-state index contributed by atoms with van der Waals surface area (Å²) in [5.41, 5.74) is 5.25. The first-order valence-corrected chi connectivity index (χ1v) is 7.42. The molecule has 20 heavy (non-hydrogen) atoms. The van der Waals surface area contributed by atoms with E-state index in [0.717, 1.165) is 10.3 Å². The van der Waals surface area contributed by atoms with Crippen molar-refractivity contribution in [2.45, 2.75) is 39.3 Å². The molecule has 0 aliphatic rings. The number of hydrogen-bond acceptors (Lipinski definition) is 4. The number of hydrogen-bond donors (Lipinski definition) is 2. The van der Waals surface area contributed by atoms with E-state index in [4.69, 9.17) is 5.84 Å². The molecule has 1 unspecified atom stereocenters. The molecule has 0 aliphatic carbocycles. The monoisotopic (exact) mass is 337 g/mol. The van der Waals surface area contributed by atoms with Gasteiger partial charge in [0.15, 0.2) is 0 Å². The third-order valence-electron chi connectivity index (χ3n) is 3.33. The zero-order valence-electron chi connectivity index (χ0n) is 12.0. The first-order valence-electron chi connectivity index (χ1n) is 6.63. The van der Waals surface area contributed by atoms with Crippen LogP contribution in [0.2, 0.25) is 0 Å². The highest BCUT2D eigenvalue weighted by molar-refractivity contribution is 9.10. The zero-order chi connectivity index (χ0) is 14.7. The Bertz CT molecular complexity index is 579. The minimum Gasteiger partial charge on any atom is -0.271 e. The SMILES string of the molecule is Cc1cc(Br)ccc1C(Cc1ncnn1C(C)C)NN. The number of nitrogens with zero attached hydrogens (tertiary/aromatic N) is 3. The number of benzene rings is 1. The second kappa shape index (κ2) is 6.47. The molecule has 108 valence electrons. The molecule has 0 aliphatic heterocycles. The highest BCUT2D eigenvalue weighted by Crippen LogP contribution is 2.24. The molecule has 1 aromatic carbocycles. The molecule has 1 atom stereocenters. The molecule has 0 bridgehead atoms. The van der Waals surface area contributed by atoms with Gasteiger partial charge in [0, 0.05) is 16.9 Å². The molecule has 0 fully saturated rings. The summed E-state index contributed by atoms with van der Waals surface area (Å²) in [7, 11) is 0. The van der Waals surface area contributed by atoms with Gasteiger partial charge >= 0.3 is 0 Å². The standard InChI is InChI=1S/C14H20BrN5/c1-9(2)20-14(17-8-18-20)7-13(19-16)12-5-4-11(15)6-10(12)3/h4-6,8-9,13,19H,7,16H2,1-3H3. The van der Waals surface area contributed by atoms with Crippen molar-refractivity contribution in [1.29, 1.82) is 0 Å². The molecule has 1 aromatic heterocycles. The fourth-order valence-electron chi connectivity index (χ4n) is 2.32. The summed E-state index contributed by atoms with van der Waals surface area (Å²) in [5, 5.41) is 4.26. The number of aromatic nitrogens is 3. The van der Waals surface area contributed by atoms with E-state index in [2.05, 4.69) is 64.3 Å². The van der Waals surface area contributed by atoms with Crippen LogP contribution in [0, 0.1) is 6.92 Å². The highest BCUT2D eigenvalue weighted by Gasteiger charge is 2.17. The van der Waals surface area contributed by atoms with E-state index in [1.807, 2.05) is 10.7 Å². The Labute approximate surface area is 127 Å². The van der Waals surface area contributed by atoms with Crippen molar-refractivity contribution in [1.82, 2.24) is 20.2 Å². The van der Waals surface area contributed by atoms with Gasteiger partial charge in [-0.15, -0.1) is 0 Å². The Kier molecular flexibility index (Phi) is 4.91. The summed E-state index contributed by atoms with van der Waals surface area (Å²) in [6, 6.07) is 6.51. The summed E-state index contributed by atoms with van der Waals surface area (Å²) in [4.78, 5) is 4.34. The smallest absolute Gasteiger partial charge is 0.138 e. The Morgan fingerprint density at radius 2 is 2.15 bits per heavy atom. The second-order valence-corrected chi connectivity index (χ2v) is 6.05. The molecule has 2 rings (SSSR count). The van der Waals surface area contributed by atoms with E-state index < -0.39 is 0 Å². The van der Waals surface area contributed by atoms with Crippen LogP contribution in [0.25, 0.3) is 0 Å². The van der Waals surface area contributed by atoms with Crippen molar-refractivity contribution in [3.63, 3.8) is 0 Å². The van der Waals surface area contributed by atoms with Gasteiger partial charge in [-0.1, -0.05) is 22.0 Å². The van der Waals surface area contributed by atoms with Crippen molar-refractivity contribution < 1.29 is 0 Å². The Morgan fingerprint density at radius 3 is 2.75 bits per heavy atom. The van der Waals surface area contributed by atoms with Gasteiger partial charge in [-0.3, -0.25) is 11.3 Å². The third kappa shape index (κ3) is 3.26. The molecular weight excluding hydrogens is 318 g/mol. The second-order valence-electron chi connectivity index (χ2n) is 5.14. The molecule has 0 radical (unpaired) electrons. The topological polar surface area (TPSA) is 68.8 Å². The Morgan fingerprint density at radius 1 is 1.40 bits per heavy atom. The van der Waals surface area contributed by atoms with Crippen molar-refractivity contribution in [2.24, 2.45) is 5.84 Å². The highest BCUT2D eigenvalue weighted by atomic mass is 79.9. The molecule has 6 heteroatoms. The van der Waals surface area contributed by atoms with Crippen LogP contribution in [-0.2, 0) is 6.42 Å². The normalized spacial score (nSPS) is 12.9. The largest absolute Gasteiger partial charge is 0.271 e. The van der Waals surface area contributed by atoms with Crippen LogP contribution in [0.3, 0.4) is 0 Å². The number of rotatable bonds is 5. The molecular formula is C14H20BrN5. The lowest BCUT2D eigenvalue weighted by atomic mass is 9.99. The van der Waals surface area contributed by atoms with Gasteiger partial charge in [-0.2, -0.15) is 5.10 Å². The van der Waals surface area contributed by atoms with Crippen LogP contribution < -0.4 is 11.3 Å². The van der Waals surface area contributed by atoms with E-state index >= 15 is 0 Å². The van der Waals surface area contributed by atoms with Crippen LogP contribution in [0.15, 0.2) is 29.0 Å². The predicted octanol–water partition coefficient (Wildman–Crippen LogP) is 2.68. The van der Waals surface area contributed by atoms with Gasteiger partial charge in [0.2, 0.25) is 0 Å². The summed E-state index contributed by atoms with van der Waals surface area (Å²) in [6.07, 6.45) is 2.30. The number of hydrazine groups is 1. The van der Waals surface area contributed by atoms with Crippen molar-refractivity contribution in [3.8, 4) is 0 Å². The van der Waals surface area contributed by atoms with Gasteiger partial charge in [-0.25, -0.2) is 9.67 Å². The zero-order valence-corrected chi connectivity index (χ0v) is 13.6. The Balaban J connectivity index is 2.27. The molecule has 2 aromatic rings. The van der Waals surface area contributed by atoms with E-state index in [1.165, 1.54) is 11.1 Å². The van der Waals surface area contributed by atoms with Crippen LogP contribution in [0.5, 0.6) is 0 Å². The first kappa shape index (κ1) is 15.2. The maximum Gasteiger partial charge on any atom is 0.138 e. The maximum absolute atomic E-state index is 5.74. The maximum atomic E-state index is 5.74. The fourth-order valence-corrected chi connectivity index (χ4v) is 2.80. The summed E-state index contributed by atoms with van der Waals surface area (Å²) >= 11 is 3.48. The number of nitrogens with one attached hydrogen (secondary N) is 1. The van der Waals surface area contributed by atoms with E-state index in [1.54, 1.807) is 6.33 Å². The van der Waals surface area contributed by atoms with Crippen molar-refractivity contribution in [2.75, 3.05) is 0 Å². The average Bonchev–Trinajstić information content (AvgIpc) is 2.85. The molecule has 5 nitrogen and oxygen atoms in total. The molecule has 0 saturated carbocycles. The van der Waals surface area contributed by atoms with Crippen LogP contribution in [0.1, 0.15) is 42.9 Å². The fraction of sp³-hybridized carbons (Fsp3) is 0.429. The molecule has 1 heterocycles. The lowest BCUT2D eigenvalue weighted by Crippen LogP contribution is -2.31. The lowest BCUT2D eigenvalue weighted by Gasteiger charge is -2.19. The van der Waals surface area contributed by atoms with Gasteiger partial charge in [0.25, 0.3) is 0 Å². The quantitative estimate of drug-likeness (QED) is 0.650. The molecule has 0 amide bonds. The van der Waals surface area contributed by atoms with E-state index in [-0.39, 0.29) is 12.1 Å². The van der Waals surface area contributed by atoms with Gasteiger partial charge in [-0.05, 0) is 44.0 Å². The van der Waals surface area contributed by atoms with Gasteiger partial charge in [0.05, 0.1) is 6.04 Å². The minimum atomic E-state index is 0.0183. The van der Waals surface area contributed by atoms with Crippen molar-refractivity contribution >= 4 is 15.9 Å². The minimum absolute atomic E-state index is 0.0183. The number of aryl methyl sites for hydroxylation is 1. The van der Waals surface area contributed by atoms with Gasteiger partial charge < -0.3 is 0 Å². The van der Waals surface area contributed by atoms with Crippen LogP contribution in [-0.4, -0.2) is 14.8 Å². The molecule has 0 spiro atoms. The van der Waals surface area contributed by atoms with E-state index in [0.29, 0.717) is 6.42 Å². The molecule has 3 N–H and O–H groups in total. The summed E-state index contributed by atoms with van der Waals surface area (Å²) in [6.45, 7) is 6.26. The lowest BCUT2D eigenvalue weighted by molar-refractivity contribution is 0.468. The Hall–Kier alpha value is -1.24. The predicted molar refractivity (Wildman–Crippen MR) is 83.1 cm³/mol.